The number of aromatic nitrogens is 2. The summed E-state index contributed by atoms with van der Waals surface area (Å²) in [6.45, 7) is 4.32. The van der Waals surface area contributed by atoms with Crippen LogP contribution in [-0.2, 0) is 21.0 Å². The summed E-state index contributed by atoms with van der Waals surface area (Å²) < 4.78 is 59.9. The number of hydrogen-bond donors (Lipinski definition) is 3. The first-order valence-corrected chi connectivity index (χ1v) is 15.0. The Morgan fingerprint density at radius 2 is 1.70 bits per heavy atom. The van der Waals surface area contributed by atoms with Gasteiger partial charge in [0, 0.05) is 36.3 Å². The van der Waals surface area contributed by atoms with Crippen molar-refractivity contribution in [3.05, 3.63) is 77.4 Å². The van der Waals surface area contributed by atoms with Crippen LogP contribution in [0.15, 0.2) is 64.4 Å². The Kier molecular flexibility index (Phi) is 9.66. The lowest BCUT2D eigenvalue weighted by atomic mass is 10.0. The van der Waals surface area contributed by atoms with Crippen LogP contribution in [0.3, 0.4) is 0 Å². The van der Waals surface area contributed by atoms with Gasteiger partial charge < -0.3 is 25.4 Å². The van der Waals surface area contributed by atoms with E-state index in [0.29, 0.717) is 41.6 Å². The molecule has 0 saturated carbocycles. The maximum atomic E-state index is 13.8. The van der Waals surface area contributed by atoms with Crippen molar-refractivity contribution in [2.45, 2.75) is 42.1 Å². The van der Waals surface area contributed by atoms with Crippen molar-refractivity contribution in [1.82, 2.24) is 14.7 Å². The molecule has 0 saturated heterocycles. The molecule has 44 heavy (non-hydrogen) atoms. The number of sulfone groups is 1. The molecule has 3 aromatic carbocycles. The van der Waals surface area contributed by atoms with E-state index in [-0.39, 0.29) is 39.3 Å². The maximum Gasteiger partial charge on any atom is 0.432 e. The van der Waals surface area contributed by atoms with Crippen molar-refractivity contribution in [3.63, 3.8) is 0 Å². The summed E-state index contributed by atoms with van der Waals surface area (Å²) >= 11 is 0. The highest BCUT2D eigenvalue weighted by molar-refractivity contribution is 7.91. The van der Waals surface area contributed by atoms with Gasteiger partial charge in [-0.1, -0.05) is 6.07 Å². The molecular weight excluding hydrogens is 596 g/mol. The van der Waals surface area contributed by atoms with E-state index in [1.165, 1.54) is 6.07 Å². The molecule has 1 heterocycles. The van der Waals surface area contributed by atoms with Gasteiger partial charge in [0.1, 0.15) is 11.6 Å². The standard InChI is InChI=1S/C30H33F2N5O6S/c1-17(16-43-5)33-26-11-19(10-18(2)36(3)4)6-8-24(26)29(38)34-28-25-15-22(7-9-27(25)37(35-28)30(39)40)44(41,42)23-13-20(31)12-21(32)14-23/h6-9,11-15,17-18,33H,10,16H2,1-5H3,(H,39,40)(H,34,35,38)/t17-,18?/m1/s1. The zero-order chi connectivity index (χ0) is 32.3. The van der Waals surface area contributed by atoms with Crippen molar-refractivity contribution in [3.8, 4) is 0 Å². The molecule has 0 aliphatic carbocycles. The van der Waals surface area contributed by atoms with Crippen molar-refractivity contribution >= 4 is 44.2 Å². The zero-order valence-corrected chi connectivity index (χ0v) is 25.6. The molecule has 3 N–H and O–H groups in total. The van der Waals surface area contributed by atoms with Gasteiger partial charge in [0.15, 0.2) is 5.82 Å². The van der Waals surface area contributed by atoms with Gasteiger partial charge in [0.25, 0.3) is 5.91 Å². The number of hydrogen-bond acceptors (Lipinski definition) is 8. The number of carbonyl (C=O) groups excluding carboxylic acids is 1. The summed E-state index contributed by atoms with van der Waals surface area (Å²) in [5.74, 6) is -3.02. The number of fused-ring (bicyclic) bond motifs is 1. The number of carbonyl (C=O) groups is 2. The number of likely N-dealkylation sites (N-methyl/N-ethyl adjacent to an activating group) is 1. The second kappa shape index (κ2) is 13.1. The predicted octanol–water partition coefficient (Wildman–Crippen LogP) is 4.87. The van der Waals surface area contributed by atoms with E-state index in [9.17, 15) is 31.9 Å². The molecule has 0 aliphatic rings. The van der Waals surface area contributed by atoms with Gasteiger partial charge in [0.05, 0.1) is 27.5 Å². The van der Waals surface area contributed by atoms with Crippen LogP contribution in [0.25, 0.3) is 10.9 Å². The Bertz CT molecular complexity index is 1810. The lowest BCUT2D eigenvalue weighted by Crippen LogP contribution is -2.27. The minimum Gasteiger partial charge on any atom is -0.463 e. The number of carboxylic acid groups (broad SMARTS) is 1. The van der Waals surface area contributed by atoms with Crippen molar-refractivity contribution < 1.29 is 36.6 Å². The number of amides is 1. The molecular formula is C30H33F2N5O6S. The van der Waals surface area contributed by atoms with Crippen molar-refractivity contribution in [2.75, 3.05) is 38.4 Å². The first-order chi connectivity index (χ1) is 20.7. The van der Waals surface area contributed by atoms with Crippen LogP contribution in [0.5, 0.6) is 0 Å². The molecule has 0 fully saturated rings. The topological polar surface area (TPSA) is 143 Å². The monoisotopic (exact) mass is 629 g/mol. The highest BCUT2D eigenvalue weighted by atomic mass is 32.2. The van der Waals surface area contributed by atoms with Crippen molar-refractivity contribution in [1.29, 1.82) is 0 Å². The third-order valence-electron chi connectivity index (χ3n) is 7.08. The van der Waals surface area contributed by atoms with E-state index < -0.39 is 38.4 Å². The molecule has 234 valence electrons. The fraction of sp³-hybridized carbons (Fsp3) is 0.300. The molecule has 0 bridgehead atoms. The van der Waals surface area contributed by atoms with E-state index in [4.69, 9.17) is 4.74 Å². The SMILES string of the molecule is COC[C@@H](C)Nc1cc(CC(C)N(C)C)ccc1C(=O)Nc1nn(C(=O)O)c2ccc(S(=O)(=O)c3cc(F)cc(F)c3)cc12. The minimum atomic E-state index is -4.43. The third-order valence-corrected chi connectivity index (χ3v) is 8.81. The van der Waals surface area contributed by atoms with Gasteiger partial charge in [0.2, 0.25) is 9.84 Å². The van der Waals surface area contributed by atoms with E-state index in [1.54, 1.807) is 13.2 Å². The van der Waals surface area contributed by atoms with Gasteiger partial charge in [-0.25, -0.2) is 22.0 Å². The van der Waals surface area contributed by atoms with E-state index >= 15 is 0 Å². The smallest absolute Gasteiger partial charge is 0.432 e. The number of benzene rings is 3. The lowest BCUT2D eigenvalue weighted by Gasteiger charge is -2.22. The molecule has 14 heteroatoms. The highest BCUT2D eigenvalue weighted by Crippen LogP contribution is 2.31. The maximum absolute atomic E-state index is 13.8. The minimum absolute atomic E-state index is 0.0163. The average molecular weight is 630 g/mol. The summed E-state index contributed by atoms with van der Waals surface area (Å²) in [5.41, 5.74) is 1.69. The molecule has 1 amide bonds. The van der Waals surface area contributed by atoms with Crippen LogP contribution in [0.4, 0.5) is 25.1 Å². The van der Waals surface area contributed by atoms with Gasteiger partial charge >= 0.3 is 6.09 Å². The largest absolute Gasteiger partial charge is 0.463 e. The van der Waals surface area contributed by atoms with Gasteiger partial charge in [-0.2, -0.15) is 4.68 Å². The number of nitrogens with zero attached hydrogens (tertiary/aromatic N) is 3. The molecule has 1 aromatic heterocycles. The van der Waals surface area contributed by atoms with Gasteiger partial charge in [-0.05, 0) is 82.4 Å². The molecule has 0 radical (unpaired) electrons. The Balaban J connectivity index is 1.76. The molecule has 0 spiro atoms. The number of ether oxygens (including phenoxy) is 1. The summed E-state index contributed by atoms with van der Waals surface area (Å²) in [5, 5.41) is 19.6. The lowest BCUT2D eigenvalue weighted by molar-refractivity contribution is 0.102. The van der Waals surface area contributed by atoms with Crippen LogP contribution >= 0.6 is 0 Å². The quantitative estimate of drug-likeness (QED) is 0.212. The Labute approximate surface area is 253 Å². The van der Waals surface area contributed by atoms with E-state index in [2.05, 4.69) is 27.6 Å². The normalized spacial score (nSPS) is 13.2. The summed E-state index contributed by atoms with van der Waals surface area (Å²) in [6, 6.07) is 10.6. The fourth-order valence-corrected chi connectivity index (χ4v) is 5.94. The molecule has 2 atom stereocenters. The Hall–Kier alpha value is -4.40. The van der Waals surface area contributed by atoms with Crippen LogP contribution < -0.4 is 10.6 Å². The third kappa shape index (κ3) is 7.04. The number of nitrogens with one attached hydrogen (secondary N) is 2. The first-order valence-electron chi connectivity index (χ1n) is 13.5. The summed E-state index contributed by atoms with van der Waals surface area (Å²) in [6.07, 6.45) is -0.768. The number of anilines is 2. The van der Waals surface area contributed by atoms with E-state index in [0.717, 1.165) is 17.7 Å². The number of halogens is 2. The zero-order valence-electron chi connectivity index (χ0n) is 24.8. The molecule has 11 nitrogen and oxygen atoms in total. The highest BCUT2D eigenvalue weighted by Gasteiger charge is 2.25. The number of rotatable bonds is 11. The summed E-state index contributed by atoms with van der Waals surface area (Å²) in [4.78, 5) is 26.6. The van der Waals surface area contributed by atoms with E-state index in [1.807, 2.05) is 33.2 Å². The Morgan fingerprint density at radius 3 is 2.32 bits per heavy atom. The summed E-state index contributed by atoms with van der Waals surface area (Å²) in [7, 11) is 1.07. The predicted molar refractivity (Wildman–Crippen MR) is 161 cm³/mol. The molecule has 4 rings (SSSR count). The van der Waals surface area contributed by atoms with Gasteiger partial charge in [-0.15, -0.1) is 5.10 Å². The second-order valence-corrected chi connectivity index (χ2v) is 12.6. The average Bonchev–Trinajstić information content (AvgIpc) is 3.30. The number of methoxy groups -OCH3 is 1. The molecule has 4 aromatic rings. The second-order valence-electron chi connectivity index (χ2n) is 10.7. The van der Waals surface area contributed by atoms with Crippen LogP contribution in [0.2, 0.25) is 0 Å². The van der Waals surface area contributed by atoms with Crippen molar-refractivity contribution in [2.24, 2.45) is 0 Å². The van der Waals surface area contributed by atoms with Crippen LogP contribution in [0, 0.1) is 11.6 Å². The van der Waals surface area contributed by atoms with Crippen LogP contribution in [0.1, 0.15) is 29.8 Å². The van der Waals surface area contributed by atoms with Crippen LogP contribution in [-0.4, -0.2) is 80.1 Å². The molecule has 0 aliphatic heterocycles. The fourth-order valence-electron chi connectivity index (χ4n) is 4.61. The van der Waals surface area contributed by atoms with Gasteiger partial charge in [-0.3, -0.25) is 4.79 Å². The Morgan fingerprint density at radius 1 is 1.02 bits per heavy atom. The first kappa shape index (κ1) is 32.5. The molecule has 1 unspecified atom stereocenters.